The number of ether oxygens (including phenoxy) is 3. The summed E-state index contributed by atoms with van der Waals surface area (Å²) >= 11 is 0. The number of hydrogen-bond donors (Lipinski definition) is 12. The van der Waals surface area contributed by atoms with Gasteiger partial charge in [-0.2, -0.15) is 0 Å². The lowest BCUT2D eigenvalue weighted by molar-refractivity contribution is -0.297. The molecule has 44 heavy (non-hydrogen) atoms. The van der Waals surface area contributed by atoms with Crippen LogP contribution < -0.4 is 45.0 Å². The van der Waals surface area contributed by atoms with Crippen LogP contribution in [0.1, 0.15) is 32.6 Å². The van der Waals surface area contributed by atoms with Gasteiger partial charge < -0.3 is 79.7 Å². The Bertz CT molecular complexity index is 1120. The Kier molecular flexibility index (Phi) is 10.3. The number of amides is 1. The lowest BCUT2D eigenvalue weighted by Crippen LogP contribution is -2.70. The van der Waals surface area contributed by atoms with E-state index in [9.17, 15) is 25.2 Å². The summed E-state index contributed by atoms with van der Waals surface area (Å²) in [5, 5.41) is 50.3. The number of carbonyl (C=O) groups excluding carboxylic acids is 1. The maximum absolute atomic E-state index is 13.3. The molecule has 1 saturated heterocycles. The first-order chi connectivity index (χ1) is 20.6. The average molecular weight is 629 g/mol. The first-order valence-electron chi connectivity index (χ1n) is 14.6. The van der Waals surface area contributed by atoms with Crippen molar-refractivity contribution in [2.45, 2.75) is 105 Å². The highest BCUT2D eigenvalue weighted by atomic mass is 16.7. The molecule has 2 saturated carbocycles. The second-order valence-corrected chi connectivity index (χ2v) is 12.4. The molecule has 0 spiro atoms. The van der Waals surface area contributed by atoms with Crippen molar-refractivity contribution < 1.29 is 39.4 Å². The number of aliphatic hydroxyl groups excluding tert-OH is 2. The number of nitrogens with two attached hydrogens (primary N) is 6. The van der Waals surface area contributed by atoms with Gasteiger partial charge in [-0.25, -0.2) is 4.99 Å². The van der Waals surface area contributed by atoms with Crippen LogP contribution in [0.15, 0.2) is 21.8 Å². The normalized spacial score (nSPS) is 43.9. The SMILES string of the molecule is CNC1C(O)C(OC2C(NC(=O)C3(O)CC(N=C(N)N)C3)CC(N)C(C3OC(CN)=CCC3N=C(N)N)C2O)OCC1(C)O. The molecular weight excluding hydrogens is 580 g/mol. The van der Waals surface area contributed by atoms with Crippen LogP contribution in [0.4, 0.5) is 0 Å². The fraction of sp³-hybridized carbons (Fsp3) is 0.808. The standard InChI is InChI=1S/C26H48N10O8/c1-25(40)9-42-21(17(38)20(25)33-2)44-19-14(35-22(39)26(41)6-10(7-26)34-23(29)30)5-12(28)15(16(19)37)18-13(36-24(31)32)4-3-11(8-27)43-18/h3,10,12-21,33,37-38,40-41H,4-9,27-28H2,1-2H3,(H,35,39)(H4,29,30,34)(H4,31,32,36). The second-order valence-electron chi connectivity index (χ2n) is 12.4. The highest BCUT2D eigenvalue weighted by molar-refractivity contribution is 5.87. The van der Waals surface area contributed by atoms with Gasteiger partial charge in [0.15, 0.2) is 18.2 Å². The summed E-state index contributed by atoms with van der Waals surface area (Å²) in [6.45, 7) is 1.40. The fourth-order valence-electron chi connectivity index (χ4n) is 6.75. The smallest absolute Gasteiger partial charge is 0.252 e. The van der Waals surface area contributed by atoms with E-state index in [0.29, 0.717) is 12.2 Å². The molecule has 0 aromatic heterocycles. The van der Waals surface area contributed by atoms with Gasteiger partial charge in [-0.15, -0.1) is 0 Å². The van der Waals surface area contributed by atoms with Crippen LogP contribution in [0.3, 0.4) is 0 Å². The van der Waals surface area contributed by atoms with Gasteiger partial charge in [-0.3, -0.25) is 9.79 Å². The van der Waals surface area contributed by atoms with E-state index in [1.54, 1.807) is 13.1 Å². The third-order valence-electron chi connectivity index (χ3n) is 8.95. The molecule has 0 aromatic rings. The van der Waals surface area contributed by atoms with Gasteiger partial charge in [-0.1, -0.05) is 0 Å². The van der Waals surface area contributed by atoms with Crippen LogP contribution in [0.25, 0.3) is 0 Å². The lowest BCUT2D eigenvalue weighted by Gasteiger charge is -2.51. The molecule has 0 bridgehead atoms. The maximum atomic E-state index is 13.3. The largest absolute Gasteiger partial charge is 0.491 e. The summed E-state index contributed by atoms with van der Waals surface area (Å²) in [5.41, 5.74) is 31.5. The highest BCUT2D eigenvalue weighted by Gasteiger charge is 2.55. The lowest BCUT2D eigenvalue weighted by atomic mass is 9.71. The van der Waals surface area contributed by atoms with Crippen molar-refractivity contribution in [2.24, 2.45) is 50.3 Å². The summed E-state index contributed by atoms with van der Waals surface area (Å²) in [7, 11) is 1.57. The van der Waals surface area contributed by atoms with Crippen molar-refractivity contribution in [3.63, 3.8) is 0 Å². The van der Waals surface area contributed by atoms with Crippen molar-refractivity contribution in [3.8, 4) is 0 Å². The zero-order chi connectivity index (χ0) is 32.6. The van der Waals surface area contributed by atoms with Crippen molar-refractivity contribution in [2.75, 3.05) is 20.2 Å². The van der Waals surface area contributed by atoms with Gasteiger partial charge in [0.2, 0.25) is 0 Å². The van der Waals surface area contributed by atoms with Gasteiger partial charge in [0.25, 0.3) is 5.91 Å². The van der Waals surface area contributed by atoms with Crippen molar-refractivity contribution in [1.29, 1.82) is 0 Å². The topological polar surface area (TPSA) is 331 Å². The fourth-order valence-corrected chi connectivity index (χ4v) is 6.75. The summed E-state index contributed by atoms with van der Waals surface area (Å²) in [6, 6.07) is -3.61. The Balaban J connectivity index is 1.62. The molecule has 250 valence electrons. The monoisotopic (exact) mass is 628 g/mol. The van der Waals surface area contributed by atoms with Crippen molar-refractivity contribution in [3.05, 3.63) is 11.8 Å². The first kappa shape index (κ1) is 34.1. The molecule has 18 heteroatoms. The van der Waals surface area contributed by atoms with E-state index in [2.05, 4.69) is 20.6 Å². The number of carbonyl (C=O) groups is 1. The van der Waals surface area contributed by atoms with Crippen LogP contribution >= 0.6 is 0 Å². The molecule has 11 unspecified atom stereocenters. The van der Waals surface area contributed by atoms with Gasteiger partial charge >= 0.3 is 0 Å². The third-order valence-corrected chi connectivity index (χ3v) is 8.95. The van der Waals surface area contributed by atoms with E-state index in [-0.39, 0.29) is 44.3 Å². The number of hydrogen-bond acceptors (Lipinski definition) is 13. The van der Waals surface area contributed by atoms with E-state index < -0.39 is 83.9 Å². The number of likely N-dealkylation sites (N-methyl/N-ethyl adjacent to an activating group) is 1. The molecule has 18 nitrogen and oxygen atoms in total. The minimum Gasteiger partial charge on any atom is -0.491 e. The van der Waals surface area contributed by atoms with E-state index >= 15 is 0 Å². The molecule has 0 aromatic carbocycles. The van der Waals surface area contributed by atoms with Gasteiger partial charge in [0, 0.05) is 24.8 Å². The van der Waals surface area contributed by atoms with E-state index in [0.717, 1.165) is 0 Å². The number of rotatable bonds is 9. The van der Waals surface area contributed by atoms with Gasteiger partial charge in [0.05, 0.1) is 43.4 Å². The Hall–Kier alpha value is -2.81. The molecular formula is C26H48N10O8. The van der Waals surface area contributed by atoms with Crippen LogP contribution in [0.5, 0.6) is 0 Å². The third kappa shape index (κ3) is 7.03. The molecule has 4 aliphatic rings. The molecule has 4 rings (SSSR count). The summed E-state index contributed by atoms with van der Waals surface area (Å²) in [5.74, 6) is -1.42. The summed E-state index contributed by atoms with van der Waals surface area (Å²) in [4.78, 5) is 21.6. The van der Waals surface area contributed by atoms with Crippen molar-refractivity contribution in [1.82, 2.24) is 10.6 Å². The maximum Gasteiger partial charge on any atom is 0.252 e. The number of aliphatic imine (C=N–C) groups is 2. The van der Waals surface area contributed by atoms with Gasteiger partial charge in [-0.05, 0) is 32.9 Å². The highest BCUT2D eigenvalue weighted by Crippen LogP contribution is 2.39. The minimum atomic E-state index is -1.76. The van der Waals surface area contributed by atoms with Gasteiger partial charge in [0.1, 0.15) is 35.3 Å². The Morgan fingerprint density at radius 1 is 1.14 bits per heavy atom. The van der Waals surface area contributed by atoms with Crippen LogP contribution in [0.2, 0.25) is 0 Å². The molecule has 2 heterocycles. The Morgan fingerprint density at radius 3 is 2.39 bits per heavy atom. The Labute approximate surface area is 255 Å². The van der Waals surface area contributed by atoms with E-state index in [4.69, 9.17) is 48.6 Å². The molecule has 2 aliphatic carbocycles. The first-order valence-corrected chi connectivity index (χ1v) is 14.6. The average Bonchev–Trinajstić information content (AvgIpc) is 2.91. The van der Waals surface area contributed by atoms with Crippen LogP contribution in [-0.4, -0.2) is 131 Å². The number of nitrogens with zero attached hydrogens (tertiary/aromatic N) is 2. The van der Waals surface area contributed by atoms with E-state index in [1.807, 2.05) is 0 Å². The quantitative estimate of drug-likeness (QED) is 0.0835. The molecule has 1 amide bonds. The summed E-state index contributed by atoms with van der Waals surface area (Å²) in [6.07, 6.45) is -3.99. The Morgan fingerprint density at radius 2 is 1.80 bits per heavy atom. The summed E-state index contributed by atoms with van der Waals surface area (Å²) < 4.78 is 18.0. The molecule has 18 N–H and O–H groups in total. The number of aliphatic hydroxyl groups is 4. The predicted molar refractivity (Wildman–Crippen MR) is 158 cm³/mol. The molecule has 0 radical (unpaired) electrons. The second kappa shape index (κ2) is 13.3. The van der Waals surface area contributed by atoms with Crippen molar-refractivity contribution >= 4 is 17.8 Å². The number of guanidine groups is 2. The predicted octanol–water partition coefficient (Wildman–Crippen LogP) is -5.94. The molecule has 2 aliphatic heterocycles. The molecule has 3 fully saturated rings. The van der Waals surface area contributed by atoms with Crippen LogP contribution in [-0.2, 0) is 19.0 Å². The van der Waals surface area contributed by atoms with Crippen LogP contribution in [0, 0.1) is 5.92 Å². The molecule has 11 atom stereocenters. The zero-order valence-electron chi connectivity index (χ0n) is 25.0. The zero-order valence-corrected chi connectivity index (χ0v) is 25.0. The minimum absolute atomic E-state index is 0.0140. The number of nitrogens with one attached hydrogen (secondary N) is 2. The van der Waals surface area contributed by atoms with E-state index in [1.165, 1.54) is 6.92 Å².